The lowest BCUT2D eigenvalue weighted by Crippen LogP contribution is -2.51. The number of ether oxygens (including phenoxy) is 1. The van der Waals surface area contributed by atoms with Crippen LogP contribution in [0.3, 0.4) is 0 Å². The summed E-state index contributed by atoms with van der Waals surface area (Å²) in [4.78, 5) is 14.2. The van der Waals surface area contributed by atoms with Gasteiger partial charge in [-0.25, -0.2) is 0 Å². The third-order valence-electron chi connectivity index (χ3n) is 5.28. The van der Waals surface area contributed by atoms with Crippen LogP contribution in [0.1, 0.15) is 43.7 Å². The number of carbonyl (C=O) groups excluding carboxylic acids is 1. The van der Waals surface area contributed by atoms with Crippen molar-refractivity contribution in [1.82, 2.24) is 4.90 Å². The molecule has 2 fully saturated rings. The number of hydrogen-bond donors (Lipinski definition) is 1. The van der Waals surface area contributed by atoms with Crippen LogP contribution in [0.15, 0.2) is 18.2 Å². The van der Waals surface area contributed by atoms with E-state index in [1.165, 1.54) is 19.1 Å². The highest BCUT2D eigenvalue weighted by Crippen LogP contribution is 2.39. The first-order valence-corrected chi connectivity index (χ1v) is 8.91. The number of rotatable bonds is 3. The summed E-state index contributed by atoms with van der Waals surface area (Å²) in [7, 11) is 0. The van der Waals surface area contributed by atoms with Gasteiger partial charge in [-0.3, -0.25) is 4.79 Å². The minimum Gasteiger partial charge on any atom is -0.490 e. The molecule has 1 aromatic carbocycles. The zero-order valence-electron chi connectivity index (χ0n) is 15.0. The van der Waals surface area contributed by atoms with Gasteiger partial charge in [0.15, 0.2) is 0 Å². The van der Waals surface area contributed by atoms with Gasteiger partial charge >= 0.3 is 6.18 Å². The number of likely N-dealkylation sites (tertiary alicyclic amines) is 1. The molecule has 0 unspecified atom stereocenters. The second-order valence-electron chi connectivity index (χ2n) is 7.72. The molecular formula is C19H24F3NO3. The van der Waals surface area contributed by atoms with E-state index in [9.17, 15) is 23.1 Å². The van der Waals surface area contributed by atoms with Gasteiger partial charge in [0.1, 0.15) is 11.9 Å². The van der Waals surface area contributed by atoms with Gasteiger partial charge in [0.25, 0.3) is 0 Å². The Bertz CT molecular complexity index is 671. The molecule has 1 amide bonds. The number of hydrogen-bond acceptors (Lipinski definition) is 3. The molecule has 7 heteroatoms. The van der Waals surface area contributed by atoms with Crippen molar-refractivity contribution in [3.63, 3.8) is 0 Å². The number of carbonyl (C=O) groups is 1. The van der Waals surface area contributed by atoms with Gasteiger partial charge in [-0.15, -0.1) is 0 Å². The molecule has 1 saturated heterocycles. The van der Waals surface area contributed by atoms with Gasteiger partial charge in [-0.1, -0.05) is 0 Å². The molecule has 0 aromatic heterocycles. The zero-order chi connectivity index (χ0) is 19.1. The molecule has 2 aliphatic rings. The first kappa shape index (κ1) is 19.0. The number of amides is 1. The van der Waals surface area contributed by atoms with Crippen molar-refractivity contribution in [2.75, 3.05) is 13.1 Å². The lowest BCUT2D eigenvalue weighted by molar-refractivity contribution is -0.151. The molecule has 0 bridgehead atoms. The first-order chi connectivity index (χ1) is 12.0. The van der Waals surface area contributed by atoms with Crippen molar-refractivity contribution in [1.29, 1.82) is 0 Å². The van der Waals surface area contributed by atoms with E-state index in [2.05, 4.69) is 0 Å². The standard InChI is InChI=1S/C19H24F3NO3/c1-12-9-15(3-4-16(12)19(20,21)22)26-14-5-7-23(8-6-14)17(24)13-10-18(2,25)11-13/h3-4,9,13-14,25H,5-8,10-11H2,1-2H3. The number of benzene rings is 1. The summed E-state index contributed by atoms with van der Waals surface area (Å²) in [5.74, 6) is 0.413. The quantitative estimate of drug-likeness (QED) is 0.884. The van der Waals surface area contributed by atoms with Gasteiger partial charge in [-0.05, 0) is 50.5 Å². The molecule has 4 nitrogen and oxygen atoms in total. The predicted octanol–water partition coefficient (Wildman–Crippen LogP) is 3.54. The Labute approximate surface area is 150 Å². The molecular weight excluding hydrogens is 347 g/mol. The summed E-state index contributed by atoms with van der Waals surface area (Å²) < 4.78 is 44.3. The molecule has 0 radical (unpaired) electrons. The van der Waals surface area contributed by atoms with E-state index < -0.39 is 17.3 Å². The third kappa shape index (κ3) is 4.14. The average molecular weight is 371 g/mol. The van der Waals surface area contributed by atoms with Crippen LogP contribution in [-0.2, 0) is 11.0 Å². The highest BCUT2D eigenvalue weighted by Gasteiger charge is 2.44. The molecule has 1 aromatic rings. The summed E-state index contributed by atoms with van der Waals surface area (Å²) in [6.07, 6.45) is -2.16. The monoisotopic (exact) mass is 371 g/mol. The minimum atomic E-state index is -4.36. The van der Waals surface area contributed by atoms with Crippen LogP contribution in [0.5, 0.6) is 5.75 Å². The SMILES string of the molecule is Cc1cc(OC2CCN(C(=O)C3CC(C)(O)C3)CC2)ccc1C(F)(F)F. The minimum absolute atomic E-state index is 0.0837. The van der Waals surface area contributed by atoms with E-state index >= 15 is 0 Å². The lowest BCUT2D eigenvalue weighted by Gasteiger charge is -2.43. The van der Waals surface area contributed by atoms with Crippen LogP contribution in [0, 0.1) is 12.8 Å². The van der Waals surface area contributed by atoms with Gasteiger partial charge in [0, 0.05) is 31.8 Å². The fraction of sp³-hybridized carbons (Fsp3) is 0.632. The summed E-state index contributed by atoms with van der Waals surface area (Å²) in [5, 5.41) is 9.77. The Morgan fingerprint density at radius 3 is 2.38 bits per heavy atom. The summed E-state index contributed by atoms with van der Waals surface area (Å²) >= 11 is 0. The number of piperidine rings is 1. The van der Waals surface area contributed by atoms with E-state index in [-0.39, 0.29) is 23.5 Å². The maximum atomic E-state index is 12.8. The highest BCUT2D eigenvalue weighted by molar-refractivity contribution is 5.80. The van der Waals surface area contributed by atoms with E-state index in [1.54, 1.807) is 11.8 Å². The normalized spacial score (nSPS) is 27.2. The Kier molecular flexibility index (Phi) is 4.94. The van der Waals surface area contributed by atoms with Crippen LogP contribution in [0.2, 0.25) is 0 Å². The van der Waals surface area contributed by atoms with Gasteiger partial charge in [0.05, 0.1) is 11.2 Å². The fourth-order valence-corrected chi connectivity index (χ4v) is 3.85. The second-order valence-corrected chi connectivity index (χ2v) is 7.72. The number of aryl methyl sites for hydroxylation is 1. The highest BCUT2D eigenvalue weighted by atomic mass is 19.4. The van der Waals surface area contributed by atoms with E-state index in [0.717, 1.165) is 6.07 Å². The Hall–Kier alpha value is -1.76. The van der Waals surface area contributed by atoms with E-state index in [4.69, 9.17) is 4.74 Å². The van der Waals surface area contributed by atoms with E-state index in [1.807, 2.05) is 0 Å². The molecule has 1 aliphatic heterocycles. The first-order valence-electron chi connectivity index (χ1n) is 8.91. The number of nitrogens with zero attached hydrogens (tertiary/aromatic N) is 1. The second kappa shape index (κ2) is 6.76. The summed E-state index contributed by atoms with van der Waals surface area (Å²) in [6.45, 7) is 4.30. The molecule has 1 saturated carbocycles. The maximum absolute atomic E-state index is 12.8. The molecule has 26 heavy (non-hydrogen) atoms. The number of aliphatic hydroxyl groups is 1. The van der Waals surface area contributed by atoms with Crippen LogP contribution in [0.25, 0.3) is 0 Å². The van der Waals surface area contributed by atoms with Crippen molar-refractivity contribution in [2.45, 2.75) is 57.4 Å². The molecule has 1 aliphatic carbocycles. The van der Waals surface area contributed by atoms with Crippen molar-refractivity contribution < 1.29 is 27.8 Å². The molecule has 0 spiro atoms. The number of alkyl halides is 3. The Morgan fingerprint density at radius 2 is 1.88 bits per heavy atom. The Morgan fingerprint density at radius 1 is 1.27 bits per heavy atom. The third-order valence-corrected chi connectivity index (χ3v) is 5.28. The fourth-order valence-electron chi connectivity index (χ4n) is 3.85. The lowest BCUT2D eigenvalue weighted by atomic mass is 9.71. The van der Waals surface area contributed by atoms with Crippen molar-refractivity contribution in [2.24, 2.45) is 5.92 Å². The van der Waals surface area contributed by atoms with Gasteiger partial charge in [-0.2, -0.15) is 13.2 Å². The zero-order valence-corrected chi connectivity index (χ0v) is 15.0. The maximum Gasteiger partial charge on any atom is 0.416 e. The predicted molar refractivity (Wildman–Crippen MR) is 89.8 cm³/mol. The van der Waals surface area contributed by atoms with E-state index in [0.29, 0.717) is 44.5 Å². The van der Waals surface area contributed by atoms with Gasteiger partial charge < -0.3 is 14.7 Å². The molecule has 144 valence electrons. The van der Waals surface area contributed by atoms with Crippen LogP contribution in [0.4, 0.5) is 13.2 Å². The molecule has 3 rings (SSSR count). The van der Waals surface area contributed by atoms with Crippen molar-refractivity contribution in [3.05, 3.63) is 29.3 Å². The smallest absolute Gasteiger partial charge is 0.416 e. The van der Waals surface area contributed by atoms with Crippen LogP contribution in [-0.4, -0.2) is 40.7 Å². The summed E-state index contributed by atoms with van der Waals surface area (Å²) in [6, 6.07) is 3.81. The number of halogens is 3. The van der Waals surface area contributed by atoms with Crippen molar-refractivity contribution >= 4 is 5.91 Å². The average Bonchev–Trinajstić information content (AvgIpc) is 2.51. The van der Waals surface area contributed by atoms with Gasteiger partial charge in [0.2, 0.25) is 5.91 Å². The van der Waals surface area contributed by atoms with Crippen molar-refractivity contribution in [3.8, 4) is 5.75 Å². The summed E-state index contributed by atoms with van der Waals surface area (Å²) in [5.41, 5.74) is -1.23. The van der Waals surface area contributed by atoms with Crippen LogP contribution < -0.4 is 4.74 Å². The topological polar surface area (TPSA) is 49.8 Å². The Balaban J connectivity index is 1.51. The van der Waals surface area contributed by atoms with Crippen LogP contribution >= 0.6 is 0 Å². The molecule has 1 heterocycles. The largest absolute Gasteiger partial charge is 0.490 e. The molecule has 0 atom stereocenters. The molecule has 1 N–H and O–H groups in total.